The van der Waals surface area contributed by atoms with Gasteiger partial charge in [-0.05, 0) is 23.6 Å². The lowest BCUT2D eigenvalue weighted by Gasteiger charge is -2.10. The summed E-state index contributed by atoms with van der Waals surface area (Å²) in [6.45, 7) is 0. The van der Waals surface area contributed by atoms with E-state index in [-0.39, 0.29) is 17.1 Å². The molecule has 2 aromatic heterocycles. The second kappa shape index (κ2) is 5.27. The third-order valence-corrected chi connectivity index (χ3v) is 3.85. The fraction of sp³-hybridized carbons (Fsp3) is 0. The van der Waals surface area contributed by atoms with Gasteiger partial charge in [-0.25, -0.2) is 4.98 Å². The molecular weight excluding hydrogens is 282 g/mol. The van der Waals surface area contributed by atoms with Gasteiger partial charge in [0.25, 0.3) is 0 Å². The van der Waals surface area contributed by atoms with Crippen molar-refractivity contribution in [3.63, 3.8) is 0 Å². The minimum absolute atomic E-state index is 0.107. The Labute approximate surface area is 125 Å². The van der Waals surface area contributed by atoms with E-state index in [0.717, 1.165) is 5.56 Å². The maximum atomic E-state index is 10.0. The Morgan fingerprint density at radius 3 is 2.67 bits per heavy atom. The highest BCUT2D eigenvalue weighted by atomic mass is 32.1. The molecule has 0 aliphatic rings. The molecule has 0 aliphatic carbocycles. The zero-order valence-electron chi connectivity index (χ0n) is 10.9. The highest BCUT2D eigenvalue weighted by Crippen LogP contribution is 2.35. The van der Waals surface area contributed by atoms with Crippen LogP contribution >= 0.6 is 11.3 Å². The van der Waals surface area contributed by atoms with Gasteiger partial charge in [-0.3, -0.25) is 0 Å². The third-order valence-electron chi connectivity index (χ3n) is 3.17. The molecule has 0 saturated heterocycles. The van der Waals surface area contributed by atoms with E-state index in [1.54, 1.807) is 41.7 Å². The Morgan fingerprint density at radius 1 is 1.19 bits per heavy atom. The van der Waals surface area contributed by atoms with E-state index in [4.69, 9.17) is 5.73 Å². The smallest absolute Gasteiger partial charge is 0.142 e. The molecule has 0 saturated carbocycles. The van der Waals surface area contributed by atoms with Crippen LogP contribution in [0.3, 0.4) is 0 Å². The molecular formula is C16H11N3OS. The second-order valence-corrected chi connectivity index (χ2v) is 5.24. The van der Waals surface area contributed by atoms with Gasteiger partial charge in [-0.1, -0.05) is 18.2 Å². The van der Waals surface area contributed by atoms with E-state index in [1.165, 1.54) is 0 Å². The van der Waals surface area contributed by atoms with Gasteiger partial charge >= 0.3 is 0 Å². The predicted octanol–water partition coefficient (Wildman–Crippen LogP) is 3.64. The molecule has 0 amide bonds. The summed E-state index contributed by atoms with van der Waals surface area (Å²) in [7, 11) is 0. The fourth-order valence-electron chi connectivity index (χ4n) is 2.15. The van der Waals surface area contributed by atoms with Crippen molar-refractivity contribution in [2.75, 3.05) is 5.73 Å². The summed E-state index contributed by atoms with van der Waals surface area (Å²) in [5, 5.41) is 23.3. The molecule has 4 nitrogen and oxygen atoms in total. The normalized spacial score (nSPS) is 10.2. The number of hydrogen-bond donors (Lipinski definition) is 2. The lowest BCUT2D eigenvalue weighted by atomic mass is 9.98. The van der Waals surface area contributed by atoms with Gasteiger partial charge in [0.1, 0.15) is 23.2 Å². The monoisotopic (exact) mass is 293 g/mol. The van der Waals surface area contributed by atoms with Gasteiger partial charge < -0.3 is 10.8 Å². The van der Waals surface area contributed by atoms with Crippen molar-refractivity contribution in [1.29, 1.82) is 5.26 Å². The number of nitriles is 1. The average Bonchev–Trinajstić information content (AvgIpc) is 3.01. The van der Waals surface area contributed by atoms with Crippen LogP contribution in [0.5, 0.6) is 5.75 Å². The minimum atomic E-state index is 0.107. The van der Waals surface area contributed by atoms with Crippen molar-refractivity contribution in [2.45, 2.75) is 0 Å². The first-order chi connectivity index (χ1) is 10.2. The number of pyridine rings is 1. The van der Waals surface area contributed by atoms with Crippen LogP contribution in [0.25, 0.3) is 22.4 Å². The number of aromatic nitrogens is 1. The van der Waals surface area contributed by atoms with Gasteiger partial charge in [0.2, 0.25) is 0 Å². The van der Waals surface area contributed by atoms with Crippen molar-refractivity contribution in [1.82, 2.24) is 4.98 Å². The highest BCUT2D eigenvalue weighted by molar-refractivity contribution is 7.08. The lowest BCUT2D eigenvalue weighted by Crippen LogP contribution is -1.99. The summed E-state index contributed by atoms with van der Waals surface area (Å²) in [6, 6.07) is 12.7. The molecule has 102 valence electrons. The summed E-state index contributed by atoms with van der Waals surface area (Å²) >= 11 is 1.56. The Morgan fingerprint density at radius 2 is 2.00 bits per heavy atom. The number of rotatable bonds is 2. The molecule has 0 aliphatic heterocycles. The van der Waals surface area contributed by atoms with Crippen molar-refractivity contribution in [2.24, 2.45) is 0 Å². The number of nitrogens with two attached hydrogens (primary N) is 1. The summed E-state index contributed by atoms with van der Waals surface area (Å²) in [6.07, 6.45) is 0. The van der Waals surface area contributed by atoms with E-state index in [0.29, 0.717) is 16.8 Å². The fourth-order valence-corrected chi connectivity index (χ4v) is 2.80. The van der Waals surface area contributed by atoms with Crippen LogP contribution < -0.4 is 5.73 Å². The van der Waals surface area contributed by atoms with Crippen molar-refractivity contribution >= 4 is 17.2 Å². The quantitative estimate of drug-likeness (QED) is 0.755. The predicted molar refractivity (Wildman–Crippen MR) is 83.8 cm³/mol. The topological polar surface area (TPSA) is 82.9 Å². The zero-order chi connectivity index (χ0) is 14.8. The molecule has 21 heavy (non-hydrogen) atoms. The van der Waals surface area contributed by atoms with Gasteiger partial charge in [-0.2, -0.15) is 16.6 Å². The lowest BCUT2D eigenvalue weighted by molar-refractivity contribution is 0.477. The van der Waals surface area contributed by atoms with Crippen LogP contribution in [0.1, 0.15) is 5.56 Å². The number of thiophene rings is 1. The summed E-state index contributed by atoms with van der Waals surface area (Å²) in [4.78, 5) is 4.28. The second-order valence-electron chi connectivity index (χ2n) is 4.46. The Balaban J connectivity index is 2.29. The highest BCUT2D eigenvalue weighted by Gasteiger charge is 2.15. The number of para-hydroxylation sites is 1. The van der Waals surface area contributed by atoms with Gasteiger partial charge in [0.15, 0.2) is 0 Å². The van der Waals surface area contributed by atoms with Crippen LogP contribution in [0, 0.1) is 11.3 Å². The Kier molecular flexibility index (Phi) is 3.30. The van der Waals surface area contributed by atoms with E-state index in [1.807, 2.05) is 16.8 Å². The molecule has 2 heterocycles. The molecule has 1 aromatic carbocycles. The SMILES string of the molecule is N#Cc1c(-c2ccccc2O)cc(-c2ccsc2)nc1N. The van der Waals surface area contributed by atoms with Crippen LogP contribution in [0.4, 0.5) is 5.82 Å². The van der Waals surface area contributed by atoms with Gasteiger partial charge in [0, 0.05) is 22.1 Å². The molecule has 3 aromatic rings. The number of hydrogen-bond acceptors (Lipinski definition) is 5. The van der Waals surface area contributed by atoms with Crippen molar-refractivity contribution in [3.05, 3.63) is 52.7 Å². The molecule has 0 atom stereocenters. The molecule has 0 bridgehead atoms. The number of aromatic hydroxyl groups is 1. The number of nitrogen functional groups attached to an aromatic ring is 1. The number of nitrogens with zero attached hydrogens (tertiary/aromatic N) is 2. The van der Waals surface area contributed by atoms with Crippen LogP contribution in [-0.2, 0) is 0 Å². The number of phenols is 1. The summed E-state index contributed by atoms with van der Waals surface area (Å²) in [5.41, 5.74) is 8.97. The largest absolute Gasteiger partial charge is 0.507 e. The standard InChI is InChI=1S/C16H11N3OS/c17-8-13-12(11-3-1-2-4-15(11)20)7-14(19-16(13)18)10-5-6-21-9-10/h1-7,9,20H,(H2,18,19). The average molecular weight is 293 g/mol. The maximum Gasteiger partial charge on any atom is 0.142 e. The summed E-state index contributed by atoms with van der Waals surface area (Å²) in [5.74, 6) is 0.273. The van der Waals surface area contributed by atoms with Crippen LogP contribution in [-0.4, -0.2) is 10.1 Å². The first-order valence-electron chi connectivity index (χ1n) is 6.22. The van der Waals surface area contributed by atoms with Gasteiger partial charge in [0.05, 0.1) is 5.69 Å². The van der Waals surface area contributed by atoms with Crippen molar-refractivity contribution in [3.8, 4) is 34.2 Å². The number of anilines is 1. The van der Waals surface area contributed by atoms with Crippen LogP contribution in [0.15, 0.2) is 47.2 Å². The van der Waals surface area contributed by atoms with Gasteiger partial charge in [-0.15, -0.1) is 0 Å². The van der Waals surface area contributed by atoms with E-state index >= 15 is 0 Å². The molecule has 3 N–H and O–H groups in total. The van der Waals surface area contributed by atoms with E-state index in [9.17, 15) is 10.4 Å². The minimum Gasteiger partial charge on any atom is -0.507 e. The van der Waals surface area contributed by atoms with Crippen LogP contribution in [0.2, 0.25) is 0 Å². The molecule has 0 fully saturated rings. The summed E-state index contributed by atoms with van der Waals surface area (Å²) < 4.78 is 0. The molecule has 0 radical (unpaired) electrons. The Hall–Kier alpha value is -2.84. The zero-order valence-corrected chi connectivity index (χ0v) is 11.8. The first-order valence-corrected chi connectivity index (χ1v) is 7.16. The molecule has 0 spiro atoms. The molecule has 0 unspecified atom stereocenters. The van der Waals surface area contributed by atoms with Crippen molar-refractivity contribution < 1.29 is 5.11 Å². The Bertz CT molecular complexity index is 835. The van der Waals surface area contributed by atoms with E-state index in [2.05, 4.69) is 11.1 Å². The number of phenolic OH excluding ortho intramolecular Hbond substituents is 1. The maximum absolute atomic E-state index is 10.0. The number of benzene rings is 1. The van der Waals surface area contributed by atoms with E-state index < -0.39 is 0 Å². The third kappa shape index (κ3) is 2.33. The molecule has 3 rings (SSSR count). The first kappa shape index (κ1) is 13.2. The molecule has 5 heteroatoms.